The Labute approximate surface area is 164 Å². The van der Waals surface area contributed by atoms with Crippen LogP contribution in [0.15, 0.2) is 48.8 Å². The van der Waals surface area contributed by atoms with E-state index < -0.39 is 11.0 Å². The number of hydrogen-bond donors (Lipinski definition) is 1. The van der Waals surface area contributed by atoms with Crippen molar-refractivity contribution in [3.63, 3.8) is 0 Å². The zero-order chi connectivity index (χ0) is 19.4. The van der Waals surface area contributed by atoms with Gasteiger partial charge >= 0.3 is 0 Å². The summed E-state index contributed by atoms with van der Waals surface area (Å²) in [4.78, 5) is 14.4. The molecule has 0 saturated carbocycles. The molecule has 10 heteroatoms. The van der Waals surface area contributed by atoms with Gasteiger partial charge in [0.05, 0.1) is 21.5 Å². The van der Waals surface area contributed by atoms with Crippen molar-refractivity contribution in [2.75, 3.05) is 6.61 Å². The van der Waals surface area contributed by atoms with Gasteiger partial charge in [-0.25, -0.2) is 9.67 Å². The number of hydrogen-bond acceptors (Lipinski definition) is 6. The van der Waals surface area contributed by atoms with Gasteiger partial charge in [0, 0.05) is 17.7 Å². The minimum Gasteiger partial charge on any atom is -0.488 e. The Bertz CT molecular complexity index is 926. The van der Waals surface area contributed by atoms with E-state index in [-0.39, 0.29) is 18.8 Å². The van der Waals surface area contributed by atoms with Crippen molar-refractivity contribution in [3.05, 3.63) is 69.0 Å². The van der Waals surface area contributed by atoms with Crippen LogP contribution in [0.5, 0.6) is 5.75 Å². The predicted octanol–water partition coefficient (Wildman–Crippen LogP) is 3.60. The number of ether oxygens (including phenoxy) is 1. The molecule has 8 nitrogen and oxygen atoms in total. The molecule has 0 fully saturated rings. The summed E-state index contributed by atoms with van der Waals surface area (Å²) in [5.41, 5.74) is 0.622. The van der Waals surface area contributed by atoms with Gasteiger partial charge in [0.2, 0.25) is 0 Å². The molecule has 0 amide bonds. The Hall–Kier alpha value is -2.68. The van der Waals surface area contributed by atoms with Crippen molar-refractivity contribution in [2.45, 2.75) is 12.6 Å². The Morgan fingerprint density at radius 3 is 2.48 bits per heavy atom. The molecule has 0 radical (unpaired) electrons. The van der Waals surface area contributed by atoms with Crippen LogP contribution in [0.4, 0.5) is 5.69 Å². The minimum absolute atomic E-state index is 0.0102. The first kappa shape index (κ1) is 19.1. The lowest BCUT2D eigenvalue weighted by Gasteiger charge is -2.14. The molecule has 0 aliphatic heterocycles. The van der Waals surface area contributed by atoms with Crippen molar-refractivity contribution in [2.24, 2.45) is 0 Å². The molecule has 0 aliphatic carbocycles. The average molecular weight is 409 g/mol. The summed E-state index contributed by atoms with van der Waals surface area (Å²) in [5, 5.41) is 25.8. The summed E-state index contributed by atoms with van der Waals surface area (Å²) in [6.07, 6.45) is 0.589. The Morgan fingerprint density at radius 1 is 1.19 bits per heavy atom. The second-order valence-corrected chi connectivity index (χ2v) is 6.42. The number of nitro benzene ring substituents is 1. The Balaban J connectivity index is 1.61. The number of benzene rings is 2. The quantitative estimate of drug-likeness (QED) is 0.473. The monoisotopic (exact) mass is 408 g/mol. The molecular formula is C17H14Cl2N4O4. The number of aromatic nitrogens is 3. The number of non-ortho nitro benzene ring substituents is 1. The van der Waals surface area contributed by atoms with Gasteiger partial charge in [-0.3, -0.25) is 10.1 Å². The highest BCUT2D eigenvalue weighted by Gasteiger charge is 2.13. The first-order chi connectivity index (χ1) is 12.9. The van der Waals surface area contributed by atoms with E-state index in [2.05, 4.69) is 10.1 Å². The molecule has 1 atom stereocenters. The fraction of sp³-hybridized carbons (Fsp3) is 0.176. The Kier molecular flexibility index (Phi) is 5.90. The zero-order valence-electron chi connectivity index (χ0n) is 13.8. The van der Waals surface area contributed by atoms with Crippen LogP contribution >= 0.6 is 23.2 Å². The van der Waals surface area contributed by atoms with E-state index >= 15 is 0 Å². The highest BCUT2D eigenvalue weighted by molar-refractivity contribution is 6.37. The highest BCUT2D eigenvalue weighted by Crippen LogP contribution is 2.32. The third kappa shape index (κ3) is 4.73. The van der Waals surface area contributed by atoms with Crippen molar-refractivity contribution >= 4 is 28.9 Å². The van der Waals surface area contributed by atoms with Crippen LogP contribution in [-0.4, -0.2) is 37.5 Å². The van der Waals surface area contributed by atoms with E-state index in [0.717, 1.165) is 0 Å². The van der Waals surface area contributed by atoms with Gasteiger partial charge in [-0.05, 0) is 24.3 Å². The van der Waals surface area contributed by atoms with Gasteiger partial charge < -0.3 is 9.84 Å². The topological polar surface area (TPSA) is 103 Å². The van der Waals surface area contributed by atoms with Crippen LogP contribution in [0.1, 0.15) is 0 Å². The number of para-hydroxylation sites is 1. The van der Waals surface area contributed by atoms with Crippen LogP contribution in [0, 0.1) is 10.1 Å². The maximum absolute atomic E-state index is 10.7. The third-order valence-electron chi connectivity index (χ3n) is 3.61. The van der Waals surface area contributed by atoms with Crippen molar-refractivity contribution in [1.82, 2.24) is 14.8 Å². The van der Waals surface area contributed by atoms with Crippen LogP contribution in [-0.2, 0) is 6.54 Å². The lowest BCUT2D eigenvalue weighted by Crippen LogP contribution is -2.24. The highest BCUT2D eigenvalue weighted by atomic mass is 35.5. The third-order valence-corrected chi connectivity index (χ3v) is 4.20. The molecule has 0 bridgehead atoms. The number of aliphatic hydroxyl groups is 1. The first-order valence-corrected chi connectivity index (χ1v) is 8.59. The molecular weight excluding hydrogens is 395 g/mol. The molecule has 0 saturated heterocycles. The second-order valence-electron chi connectivity index (χ2n) is 5.61. The lowest BCUT2D eigenvalue weighted by atomic mass is 10.2. The van der Waals surface area contributed by atoms with Gasteiger partial charge in [-0.2, -0.15) is 5.10 Å². The van der Waals surface area contributed by atoms with Gasteiger partial charge in [-0.1, -0.05) is 29.3 Å². The summed E-state index contributed by atoms with van der Waals surface area (Å²) in [7, 11) is 0. The lowest BCUT2D eigenvalue weighted by molar-refractivity contribution is -0.384. The molecule has 3 rings (SSSR count). The number of aliphatic hydroxyl groups excluding tert-OH is 1. The second kappa shape index (κ2) is 8.34. The van der Waals surface area contributed by atoms with Crippen LogP contribution < -0.4 is 4.74 Å². The standard InChI is InChI=1S/C17H14Cl2N4O4/c18-14-2-1-3-15(19)16(14)27-9-13(24)8-22-10-20-17(21-22)11-4-6-12(7-5-11)23(25)26/h1-7,10,13,24H,8-9H2. The van der Waals surface area contributed by atoms with Crippen molar-refractivity contribution in [3.8, 4) is 17.1 Å². The minimum atomic E-state index is -0.872. The van der Waals surface area contributed by atoms with E-state index in [1.165, 1.54) is 23.1 Å². The fourth-order valence-electron chi connectivity index (χ4n) is 2.32. The average Bonchev–Trinajstić information content (AvgIpc) is 3.09. The van der Waals surface area contributed by atoms with Gasteiger partial charge in [0.1, 0.15) is 19.0 Å². The van der Waals surface area contributed by atoms with E-state index in [9.17, 15) is 15.2 Å². The van der Waals surface area contributed by atoms with Crippen LogP contribution in [0.25, 0.3) is 11.4 Å². The van der Waals surface area contributed by atoms with Crippen LogP contribution in [0.2, 0.25) is 10.0 Å². The maximum Gasteiger partial charge on any atom is 0.269 e. The molecule has 1 unspecified atom stereocenters. The summed E-state index contributed by atoms with van der Waals surface area (Å²) < 4.78 is 6.95. The number of nitrogens with zero attached hydrogens (tertiary/aromatic N) is 4. The smallest absolute Gasteiger partial charge is 0.269 e. The van der Waals surface area contributed by atoms with Crippen LogP contribution in [0.3, 0.4) is 0 Å². The van der Waals surface area contributed by atoms with E-state index in [1.807, 2.05) is 0 Å². The summed E-state index contributed by atoms with van der Waals surface area (Å²) >= 11 is 12.0. The number of nitro groups is 1. The molecule has 0 spiro atoms. The summed E-state index contributed by atoms with van der Waals surface area (Å²) in [6.45, 7) is 0.109. The summed E-state index contributed by atoms with van der Waals surface area (Å²) in [6, 6.07) is 10.9. The molecule has 1 heterocycles. The fourth-order valence-corrected chi connectivity index (χ4v) is 2.82. The molecule has 140 valence electrons. The summed E-state index contributed by atoms with van der Waals surface area (Å²) in [5.74, 6) is 0.706. The SMILES string of the molecule is O=[N+]([O-])c1ccc(-c2ncn(CC(O)COc3c(Cl)cccc3Cl)n2)cc1. The molecule has 0 aliphatic rings. The zero-order valence-corrected chi connectivity index (χ0v) is 15.3. The first-order valence-electron chi connectivity index (χ1n) is 7.83. The number of halogens is 2. The van der Waals surface area contributed by atoms with Crippen molar-refractivity contribution < 1.29 is 14.8 Å². The van der Waals surface area contributed by atoms with Gasteiger partial charge in [0.15, 0.2) is 11.6 Å². The molecule has 3 aromatic rings. The van der Waals surface area contributed by atoms with Crippen molar-refractivity contribution in [1.29, 1.82) is 0 Å². The maximum atomic E-state index is 10.7. The largest absolute Gasteiger partial charge is 0.488 e. The molecule has 27 heavy (non-hydrogen) atoms. The normalized spacial score (nSPS) is 12.0. The van der Waals surface area contributed by atoms with E-state index in [1.54, 1.807) is 30.3 Å². The van der Waals surface area contributed by atoms with E-state index in [4.69, 9.17) is 27.9 Å². The van der Waals surface area contributed by atoms with Gasteiger partial charge in [0.25, 0.3) is 5.69 Å². The number of rotatable bonds is 7. The Morgan fingerprint density at radius 2 is 1.85 bits per heavy atom. The predicted molar refractivity (Wildman–Crippen MR) is 100 cm³/mol. The molecule has 1 N–H and O–H groups in total. The van der Waals surface area contributed by atoms with Gasteiger partial charge in [-0.15, -0.1) is 0 Å². The molecule has 1 aromatic heterocycles. The molecule has 2 aromatic carbocycles. The van der Waals surface area contributed by atoms with E-state index in [0.29, 0.717) is 27.2 Å².